The van der Waals surface area contributed by atoms with Gasteiger partial charge in [0.2, 0.25) is 5.91 Å². The minimum absolute atomic E-state index is 0.122. The van der Waals surface area contributed by atoms with Gasteiger partial charge >= 0.3 is 6.03 Å². The van der Waals surface area contributed by atoms with Crippen molar-refractivity contribution in [2.75, 3.05) is 6.54 Å². The Balaban J connectivity index is 2.15. The Morgan fingerprint density at radius 1 is 1.16 bits per heavy atom. The molecule has 2 rings (SSSR count). The second-order valence-electron chi connectivity index (χ2n) is 10.2. The van der Waals surface area contributed by atoms with Crippen molar-refractivity contribution in [3.05, 3.63) is 0 Å². The predicted molar refractivity (Wildman–Crippen MR) is 97.0 cm³/mol. The zero-order chi connectivity index (χ0) is 19.4. The van der Waals surface area contributed by atoms with Gasteiger partial charge in [-0.1, -0.05) is 34.6 Å². The third kappa shape index (κ3) is 3.82. The van der Waals surface area contributed by atoms with Crippen LogP contribution in [0.2, 0.25) is 0 Å². The number of hydrogen-bond acceptors (Lipinski definition) is 3. The summed E-state index contributed by atoms with van der Waals surface area (Å²) in [4.78, 5) is 38.8. The van der Waals surface area contributed by atoms with Gasteiger partial charge in [-0.2, -0.15) is 0 Å². The van der Waals surface area contributed by atoms with Gasteiger partial charge in [-0.25, -0.2) is 4.79 Å². The van der Waals surface area contributed by atoms with Gasteiger partial charge in [0.05, 0.1) is 6.04 Å². The van der Waals surface area contributed by atoms with Gasteiger partial charge in [0.25, 0.3) is 0 Å². The van der Waals surface area contributed by atoms with Crippen LogP contribution < -0.4 is 10.6 Å². The number of carbonyl (C=O) groups is 3. The monoisotopic (exact) mass is 351 g/mol. The van der Waals surface area contributed by atoms with E-state index in [4.69, 9.17) is 0 Å². The van der Waals surface area contributed by atoms with E-state index in [1.807, 2.05) is 41.5 Å². The molecule has 25 heavy (non-hydrogen) atoms. The second kappa shape index (κ2) is 5.99. The highest BCUT2D eigenvalue weighted by molar-refractivity contribution is 5.90. The van der Waals surface area contributed by atoms with Crippen molar-refractivity contribution in [2.45, 2.75) is 73.0 Å². The number of rotatable bonds is 3. The standard InChI is InChI=1S/C19H33N3O3/c1-17(2,3)14(20-16(25)21-18(4,5)6)15(24)22-9-11-13(12(22)10-23)19(11,7)8/h10-14H,9H2,1-8H3,(H2,20,21,25)/t11-,12+,13-,14+/m0/s1. The second-order valence-corrected chi connectivity index (χ2v) is 10.2. The summed E-state index contributed by atoms with van der Waals surface area (Å²) < 4.78 is 0. The molecule has 1 aliphatic heterocycles. The Morgan fingerprint density at radius 3 is 2.16 bits per heavy atom. The largest absolute Gasteiger partial charge is 0.334 e. The minimum atomic E-state index is -0.682. The molecule has 1 aliphatic carbocycles. The number of carbonyl (C=O) groups excluding carboxylic acids is 3. The molecule has 2 N–H and O–H groups in total. The SMILES string of the molecule is CC(C)(C)NC(=O)N[C@H](C(=O)N1C[C@H]2[C@@H]([C@H]1C=O)C2(C)C)C(C)(C)C. The Kier molecular flexibility index (Phi) is 4.73. The molecule has 6 heteroatoms. The summed E-state index contributed by atoms with van der Waals surface area (Å²) in [6, 6.07) is -1.43. The van der Waals surface area contributed by atoms with Crippen molar-refractivity contribution in [2.24, 2.45) is 22.7 Å². The highest BCUT2D eigenvalue weighted by Crippen LogP contribution is 2.64. The van der Waals surface area contributed by atoms with Crippen LogP contribution in [0, 0.1) is 22.7 Å². The Morgan fingerprint density at radius 2 is 1.72 bits per heavy atom. The molecule has 0 aromatic heterocycles. The molecule has 0 radical (unpaired) electrons. The lowest BCUT2D eigenvalue weighted by Gasteiger charge is -2.37. The first-order valence-electron chi connectivity index (χ1n) is 9.04. The highest BCUT2D eigenvalue weighted by Gasteiger charge is 2.68. The maximum absolute atomic E-state index is 13.2. The number of aldehydes is 1. The lowest BCUT2D eigenvalue weighted by Crippen LogP contribution is -2.60. The first kappa shape index (κ1) is 19.7. The molecular weight excluding hydrogens is 318 g/mol. The van der Waals surface area contributed by atoms with Crippen molar-refractivity contribution in [1.82, 2.24) is 15.5 Å². The van der Waals surface area contributed by atoms with Crippen LogP contribution in [-0.4, -0.2) is 47.3 Å². The maximum atomic E-state index is 13.2. The number of likely N-dealkylation sites (tertiary alicyclic amines) is 1. The van der Waals surface area contributed by atoms with E-state index in [1.165, 1.54) is 0 Å². The molecule has 0 bridgehead atoms. The molecule has 0 aromatic carbocycles. The molecule has 1 heterocycles. The van der Waals surface area contributed by atoms with Gasteiger partial charge in [-0.05, 0) is 43.4 Å². The summed E-state index contributed by atoms with van der Waals surface area (Å²) in [5.41, 5.74) is -0.723. The number of piperidine rings is 1. The molecule has 4 atom stereocenters. The first-order valence-corrected chi connectivity index (χ1v) is 9.04. The van der Waals surface area contributed by atoms with Gasteiger partial charge < -0.3 is 20.3 Å². The van der Waals surface area contributed by atoms with Gasteiger partial charge in [-0.15, -0.1) is 0 Å². The average Bonchev–Trinajstić information content (AvgIpc) is 2.81. The van der Waals surface area contributed by atoms with Crippen molar-refractivity contribution in [3.63, 3.8) is 0 Å². The van der Waals surface area contributed by atoms with E-state index in [9.17, 15) is 14.4 Å². The van der Waals surface area contributed by atoms with Crippen LogP contribution in [0.3, 0.4) is 0 Å². The van der Waals surface area contributed by atoms with E-state index in [1.54, 1.807) is 4.90 Å². The smallest absolute Gasteiger partial charge is 0.315 e. The quantitative estimate of drug-likeness (QED) is 0.765. The van der Waals surface area contributed by atoms with Crippen LogP contribution in [0.25, 0.3) is 0 Å². The van der Waals surface area contributed by atoms with Crippen LogP contribution in [0.5, 0.6) is 0 Å². The van der Waals surface area contributed by atoms with Gasteiger partial charge in [0.1, 0.15) is 12.3 Å². The van der Waals surface area contributed by atoms with E-state index < -0.39 is 11.5 Å². The van der Waals surface area contributed by atoms with Crippen LogP contribution in [0.15, 0.2) is 0 Å². The molecule has 0 spiro atoms. The van der Waals surface area contributed by atoms with Gasteiger partial charge in [0.15, 0.2) is 0 Å². The third-order valence-electron chi connectivity index (χ3n) is 5.56. The highest BCUT2D eigenvalue weighted by atomic mass is 16.2. The van der Waals surface area contributed by atoms with Crippen molar-refractivity contribution in [1.29, 1.82) is 0 Å². The molecule has 1 saturated carbocycles. The van der Waals surface area contributed by atoms with Crippen LogP contribution in [0.4, 0.5) is 4.79 Å². The third-order valence-corrected chi connectivity index (χ3v) is 5.56. The molecule has 1 saturated heterocycles. The number of amides is 3. The van der Waals surface area contributed by atoms with Gasteiger partial charge in [-0.3, -0.25) is 4.79 Å². The number of urea groups is 1. The predicted octanol–water partition coefficient (Wildman–Crippen LogP) is 2.18. The van der Waals surface area contributed by atoms with E-state index >= 15 is 0 Å². The zero-order valence-electron chi connectivity index (χ0n) is 16.8. The fourth-order valence-corrected chi connectivity index (χ4v) is 4.06. The molecule has 0 unspecified atom stereocenters. The van der Waals surface area contributed by atoms with E-state index in [2.05, 4.69) is 24.5 Å². The lowest BCUT2D eigenvalue weighted by molar-refractivity contribution is -0.140. The zero-order valence-corrected chi connectivity index (χ0v) is 16.8. The van der Waals surface area contributed by atoms with Crippen LogP contribution in [0.1, 0.15) is 55.4 Å². The average molecular weight is 351 g/mol. The summed E-state index contributed by atoms with van der Waals surface area (Å²) in [6.07, 6.45) is 0.895. The molecule has 6 nitrogen and oxygen atoms in total. The molecule has 2 aliphatic rings. The van der Waals surface area contributed by atoms with Gasteiger partial charge in [0, 0.05) is 12.1 Å². The molecule has 0 aromatic rings. The van der Waals surface area contributed by atoms with Crippen LogP contribution in [-0.2, 0) is 9.59 Å². The normalized spacial score (nSPS) is 28.8. The number of nitrogens with one attached hydrogen (secondary N) is 2. The fourth-order valence-electron chi connectivity index (χ4n) is 4.06. The summed E-state index contributed by atoms with van der Waals surface area (Å²) in [5.74, 6) is 0.435. The molecule has 2 fully saturated rings. The first-order chi connectivity index (χ1) is 11.2. The Labute approximate surface area is 151 Å². The Bertz CT molecular complexity index is 571. The van der Waals surface area contributed by atoms with Crippen molar-refractivity contribution in [3.8, 4) is 0 Å². The van der Waals surface area contributed by atoms with E-state index in [0.29, 0.717) is 12.5 Å². The molecule has 142 valence electrons. The van der Waals surface area contributed by atoms with Crippen molar-refractivity contribution >= 4 is 18.2 Å². The summed E-state index contributed by atoms with van der Waals surface area (Å²) in [5, 5.41) is 5.66. The molecule has 3 amide bonds. The lowest BCUT2D eigenvalue weighted by atomic mass is 9.85. The maximum Gasteiger partial charge on any atom is 0.315 e. The van der Waals surface area contributed by atoms with E-state index in [0.717, 1.165) is 6.29 Å². The fraction of sp³-hybridized carbons (Fsp3) is 0.842. The Hall–Kier alpha value is -1.59. The molecular formula is C19H33N3O3. The number of hydrogen-bond donors (Lipinski definition) is 2. The summed E-state index contributed by atoms with van der Waals surface area (Å²) in [6.45, 7) is 16.3. The number of fused-ring (bicyclic) bond motifs is 1. The summed E-state index contributed by atoms with van der Waals surface area (Å²) in [7, 11) is 0. The van der Waals surface area contributed by atoms with E-state index in [-0.39, 0.29) is 34.9 Å². The summed E-state index contributed by atoms with van der Waals surface area (Å²) >= 11 is 0. The topological polar surface area (TPSA) is 78.5 Å². The van der Waals surface area contributed by atoms with Crippen LogP contribution >= 0.6 is 0 Å². The minimum Gasteiger partial charge on any atom is -0.334 e. The number of nitrogens with zero attached hydrogens (tertiary/aromatic N) is 1. The van der Waals surface area contributed by atoms with Crippen molar-refractivity contribution < 1.29 is 14.4 Å².